The molecule has 1 aliphatic rings. The van der Waals surface area contributed by atoms with E-state index in [0.29, 0.717) is 11.3 Å². The molecule has 19 heavy (non-hydrogen) atoms. The largest absolute Gasteiger partial charge is 0.387 e. The van der Waals surface area contributed by atoms with Gasteiger partial charge in [-0.05, 0) is 12.1 Å². The summed E-state index contributed by atoms with van der Waals surface area (Å²) in [5.74, 6) is -1.02. The number of hydrogen-bond donors (Lipinski definition) is 2. The first-order chi connectivity index (χ1) is 9.04. The van der Waals surface area contributed by atoms with Gasteiger partial charge in [-0.3, -0.25) is 19.3 Å². The highest BCUT2D eigenvalue weighted by Crippen LogP contribution is 2.16. The number of nitrogens with zero attached hydrogens (tertiary/aromatic N) is 1. The zero-order valence-corrected chi connectivity index (χ0v) is 10.8. The average Bonchev–Trinajstić information content (AvgIpc) is 2.66. The molecule has 0 aliphatic carbocycles. The molecule has 0 saturated carbocycles. The molecule has 0 bridgehead atoms. The highest BCUT2D eigenvalue weighted by atomic mass is 16.2. The van der Waals surface area contributed by atoms with Gasteiger partial charge in [0.25, 0.3) is 11.8 Å². The van der Waals surface area contributed by atoms with Gasteiger partial charge in [0.15, 0.2) is 0 Å². The second-order valence-corrected chi connectivity index (χ2v) is 4.32. The highest BCUT2D eigenvalue weighted by Gasteiger charge is 2.37. The Bertz CT molecular complexity index is 542. The standard InChI is InChI=1S/C13H15N3O3/c1-14-9-6-4-3-5-8(9)12(18)15-10-7-11(17)16(2)13(10)19/h3-6,10,14H,7H2,1-2H3,(H,15,18). The van der Waals surface area contributed by atoms with Gasteiger partial charge in [0.2, 0.25) is 5.91 Å². The third-order valence-corrected chi connectivity index (χ3v) is 3.13. The third kappa shape index (κ3) is 2.42. The monoisotopic (exact) mass is 261 g/mol. The van der Waals surface area contributed by atoms with Crippen LogP contribution in [0.1, 0.15) is 16.8 Å². The predicted molar refractivity (Wildman–Crippen MR) is 69.6 cm³/mol. The highest BCUT2D eigenvalue weighted by molar-refractivity contribution is 6.08. The number of para-hydroxylation sites is 1. The fourth-order valence-corrected chi connectivity index (χ4v) is 2.00. The minimum atomic E-state index is -0.769. The topological polar surface area (TPSA) is 78.5 Å². The number of amides is 3. The van der Waals surface area contributed by atoms with E-state index in [-0.39, 0.29) is 24.1 Å². The zero-order chi connectivity index (χ0) is 14.0. The molecule has 1 aliphatic heterocycles. The number of imide groups is 1. The molecule has 1 aromatic carbocycles. The van der Waals surface area contributed by atoms with Crippen LogP contribution in [-0.4, -0.2) is 42.8 Å². The van der Waals surface area contributed by atoms with Crippen molar-refractivity contribution in [3.8, 4) is 0 Å². The molecule has 1 saturated heterocycles. The van der Waals surface area contributed by atoms with E-state index in [1.165, 1.54) is 7.05 Å². The van der Waals surface area contributed by atoms with Crippen molar-refractivity contribution in [2.24, 2.45) is 0 Å². The van der Waals surface area contributed by atoms with Crippen molar-refractivity contribution in [3.63, 3.8) is 0 Å². The van der Waals surface area contributed by atoms with Crippen LogP contribution < -0.4 is 10.6 Å². The lowest BCUT2D eigenvalue weighted by atomic mass is 10.1. The molecule has 0 aromatic heterocycles. The predicted octanol–water partition coefficient (Wildman–Crippen LogP) is 0.215. The zero-order valence-electron chi connectivity index (χ0n) is 10.8. The molecule has 100 valence electrons. The number of likely N-dealkylation sites (tertiary alicyclic amines) is 1. The third-order valence-electron chi connectivity index (χ3n) is 3.13. The summed E-state index contributed by atoms with van der Waals surface area (Å²) in [6.07, 6.45) is 0.0167. The molecule has 2 N–H and O–H groups in total. The van der Waals surface area contributed by atoms with Gasteiger partial charge >= 0.3 is 0 Å². The van der Waals surface area contributed by atoms with Crippen LogP contribution in [0.4, 0.5) is 5.69 Å². The van der Waals surface area contributed by atoms with Crippen LogP contribution in [0.15, 0.2) is 24.3 Å². The summed E-state index contributed by atoms with van der Waals surface area (Å²) in [6.45, 7) is 0. The Morgan fingerprint density at radius 3 is 2.58 bits per heavy atom. The van der Waals surface area contributed by atoms with Crippen molar-refractivity contribution in [1.29, 1.82) is 0 Å². The smallest absolute Gasteiger partial charge is 0.254 e. The fraction of sp³-hybridized carbons (Fsp3) is 0.308. The van der Waals surface area contributed by atoms with E-state index in [0.717, 1.165) is 4.90 Å². The van der Waals surface area contributed by atoms with Crippen LogP contribution >= 0.6 is 0 Å². The second-order valence-electron chi connectivity index (χ2n) is 4.32. The molecule has 1 fully saturated rings. The molecule has 6 nitrogen and oxygen atoms in total. The van der Waals surface area contributed by atoms with Gasteiger partial charge in [-0.15, -0.1) is 0 Å². The first-order valence-electron chi connectivity index (χ1n) is 5.92. The molecule has 0 spiro atoms. The van der Waals surface area contributed by atoms with E-state index in [1.54, 1.807) is 31.3 Å². The number of hydrogen-bond acceptors (Lipinski definition) is 4. The first-order valence-corrected chi connectivity index (χ1v) is 5.92. The number of nitrogens with one attached hydrogen (secondary N) is 2. The minimum absolute atomic E-state index is 0.0167. The summed E-state index contributed by atoms with van der Waals surface area (Å²) >= 11 is 0. The summed E-state index contributed by atoms with van der Waals surface area (Å²) < 4.78 is 0. The number of anilines is 1. The molecular formula is C13H15N3O3. The van der Waals surface area contributed by atoms with Gasteiger partial charge in [0.05, 0.1) is 12.0 Å². The quantitative estimate of drug-likeness (QED) is 0.763. The van der Waals surface area contributed by atoms with Crippen LogP contribution in [0.5, 0.6) is 0 Å². The first kappa shape index (κ1) is 13.1. The number of carbonyl (C=O) groups is 3. The van der Waals surface area contributed by atoms with Crippen LogP contribution in [-0.2, 0) is 9.59 Å². The van der Waals surface area contributed by atoms with Gasteiger partial charge in [-0.1, -0.05) is 12.1 Å². The molecule has 3 amide bonds. The Kier molecular flexibility index (Phi) is 3.50. The van der Waals surface area contributed by atoms with E-state index < -0.39 is 6.04 Å². The van der Waals surface area contributed by atoms with Crippen LogP contribution in [0, 0.1) is 0 Å². The Labute approximate surface area is 110 Å². The SMILES string of the molecule is CNc1ccccc1C(=O)NC1CC(=O)N(C)C1=O. The maximum atomic E-state index is 12.1. The van der Waals surface area contributed by atoms with Crippen molar-refractivity contribution in [1.82, 2.24) is 10.2 Å². The summed E-state index contributed by atoms with van der Waals surface area (Å²) in [5.41, 5.74) is 1.12. The normalized spacial score (nSPS) is 18.6. The van der Waals surface area contributed by atoms with Gasteiger partial charge in [-0.2, -0.15) is 0 Å². The van der Waals surface area contributed by atoms with Crippen molar-refractivity contribution in [3.05, 3.63) is 29.8 Å². The molecular weight excluding hydrogens is 246 g/mol. The van der Waals surface area contributed by atoms with Crippen LogP contribution in [0.2, 0.25) is 0 Å². The van der Waals surface area contributed by atoms with Gasteiger partial charge in [0, 0.05) is 19.8 Å². The molecule has 2 rings (SSSR count). The molecule has 6 heteroatoms. The Morgan fingerprint density at radius 2 is 2.00 bits per heavy atom. The number of likely N-dealkylation sites (N-methyl/N-ethyl adjacent to an activating group) is 1. The Hall–Kier alpha value is -2.37. The van der Waals surface area contributed by atoms with E-state index in [9.17, 15) is 14.4 Å². The Balaban J connectivity index is 2.14. The second kappa shape index (κ2) is 5.09. The van der Waals surface area contributed by atoms with E-state index >= 15 is 0 Å². The average molecular weight is 261 g/mol. The molecule has 0 radical (unpaired) electrons. The van der Waals surface area contributed by atoms with Crippen molar-refractivity contribution < 1.29 is 14.4 Å². The lowest BCUT2D eigenvalue weighted by Gasteiger charge is -2.13. The van der Waals surface area contributed by atoms with Gasteiger partial charge in [0.1, 0.15) is 6.04 Å². The summed E-state index contributed by atoms with van der Waals surface area (Å²) in [4.78, 5) is 36.2. The van der Waals surface area contributed by atoms with Gasteiger partial charge in [-0.25, -0.2) is 0 Å². The summed E-state index contributed by atoms with van der Waals surface area (Å²) in [5, 5.41) is 5.50. The lowest BCUT2D eigenvalue weighted by Crippen LogP contribution is -2.40. The Morgan fingerprint density at radius 1 is 1.32 bits per heavy atom. The fourth-order valence-electron chi connectivity index (χ4n) is 2.00. The maximum absolute atomic E-state index is 12.1. The van der Waals surface area contributed by atoms with Crippen LogP contribution in [0.3, 0.4) is 0 Å². The van der Waals surface area contributed by atoms with E-state index in [1.807, 2.05) is 0 Å². The van der Waals surface area contributed by atoms with Crippen LogP contribution in [0.25, 0.3) is 0 Å². The van der Waals surface area contributed by atoms with E-state index in [2.05, 4.69) is 10.6 Å². The molecule has 1 heterocycles. The van der Waals surface area contributed by atoms with Gasteiger partial charge < -0.3 is 10.6 Å². The number of rotatable bonds is 3. The van der Waals surface area contributed by atoms with E-state index in [4.69, 9.17) is 0 Å². The maximum Gasteiger partial charge on any atom is 0.254 e. The molecule has 1 unspecified atom stereocenters. The molecule has 1 atom stereocenters. The number of benzene rings is 1. The number of carbonyl (C=O) groups excluding carboxylic acids is 3. The van der Waals surface area contributed by atoms with Crippen molar-refractivity contribution in [2.45, 2.75) is 12.5 Å². The summed E-state index contributed by atoms with van der Waals surface area (Å²) in [6, 6.07) is 6.20. The summed E-state index contributed by atoms with van der Waals surface area (Å²) in [7, 11) is 3.13. The van der Waals surface area contributed by atoms with Crippen molar-refractivity contribution in [2.75, 3.05) is 19.4 Å². The molecule has 1 aromatic rings. The lowest BCUT2D eigenvalue weighted by molar-refractivity contribution is -0.137. The minimum Gasteiger partial charge on any atom is -0.387 e. The van der Waals surface area contributed by atoms with Crippen molar-refractivity contribution >= 4 is 23.4 Å².